The van der Waals surface area contributed by atoms with Crippen LogP contribution in [-0.2, 0) is 4.74 Å². The normalized spacial score (nSPS) is 11.7. The number of nitrogen functional groups attached to an aromatic ring is 1. The van der Waals surface area contributed by atoms with Gasteiger partial charge in [0.05, 0.1) is 6.61 Å². The zero-order valence-corrected chi connectivity index (χ0v) is 11.4. The highest BCUT2D eigenvalue weighted by Gasteiger charge is 2.09. The molecular weight excluding hydrogens is 224 g/mol. The zero-order valence-electron chi connectivity index (χ0n) is 11.4. The molecule has 0 atom stereocenters. The quantitative estimate of drug-likeness (QED) is 0.483. The summed E-state index contributed by atoms with van der Waals surface area (Å²) in [4.78, 5) is 0. The van der Waals surface area contributed by atoms with E-state index in [1.165, 1.54) is 0 Å². The van der Waals surface area contributed by atoms with Crippen LogP contribution in [-0.4, -0.2) is 12.5 Å². The standard InChI is InChI=1S/C15H22N2O/c1-15(2,3)9-10-18-14(17)8-7-12-5-4-6-13(16)11-12/h4-8,11,17H,9-10,16H2,1-3H3. The average Bonchev–Trinajstić information content (AvgIpc) is 2.25. The number of nitrogens with two attached hydrogens (primary N) is 1. The Bertz CT molecular complexity index is 430. The van der Waals surface area contributed by atoms with Gasteiger partial charge >= 0.3 is 0 Å². The van der Waals surface area contributed by atoms with Gasteiger partial charge < -0.3 is 10.5 Å². The van der Waals surface area contributed by atoms with Crippen molar-refractivity contribution < 1.29 is 4.74 Å². The maximum atomic E-state index is 7.66. The first-order valence-electron chi connectivity index (χ1n) is 6.12. The lowest BCUT2D eigenvalue weighted by molar-refractivity contribution is 0.234. The Labute approximate surface area is 109 Å². The lowest BCUT2D eigenvalue weighted by Crippen LogP contribution is -2.11. The van der Waals surface area contributed by atoms with Crippen molar-refractivity contribution in [1.82, 2.24) is 0 Å². The van der Waals surface area contributed by atoms with Gasteiger partial charge in [-0.25, -0.2) is 0 Å². The van der Waals surface area contributed by atoms with E-state index in [1.807, 2.05) is 30.3 Å². The lowest BCUT2D eigenvalue weighted by atomic mass is 9.93. The summed E-state index contributed by atoms with van der Waals surface area (Å²) in [5.41, 5.74) is 7.60. The minimum Gasteiger partial charge on any atom is -0.478 e. The van der Waals surface area contributed by atoms with Crippen LogP contribution in [0.25, 0.3) is 6.08 Å². The topological polar surface area (TPSA) is 59.1 Å². The molecule has 0 aromatic heterocycles. The fraction of sp³-hybridized carbons (Fsp3) is 0.400. The molecule has 0 saturated heterocycles. The Morgan fingerprint density at radius 1 is 1.39 bits per heavy atom. The van der Waals surface area contributed by atoms with Gasteiger partial charge in [-0.2, -0.15) is 0 Å². The van der Waals surface area contributed by atoms with Crippen LogP contribution in [0.3, 0.4) is 0 Å². The first-order valence-corrected chi connectivity index (χ1v) is 6.12. The predicted molar refractivity (Wildman–Crippen MR) is 77.6 cm³/mol. The minimum atomic E-state index is 0.182. The van der Waals surface area contributed by atoms with E-state index in [0.29, 0.717) is 6.61 Å². The van der Waals surface area contributed by atoms with Gasteiger partial charge in [-0.15, -0.1) is 0 Å². The molecule has 0 amide bonds. The van der Waals surface area contributed by atoms with Crippen LogP contribution in [0.5, 0.6) is 0 Å². The van der Waals surface area contributed by atoms with Gasteiger partial charge in [-0.3, -0.25) is 5.41 Å². The van der Waals surface area contributed by atoms with E-state index in [-0.39, 0.29) is 11.3 Å². The summed E-state index contributed by atoms with van der Waals surface area (Å²) in [5, 5.41) is 7.66. The smallest absolute Gasteiger partial charge is 0.205 e. The molecule has 3 heteroatoms. The third-order valence-electron chi connectivity index (χ3n) is 2.45. The molecule has 1 rings (SSSR count). The third kappa shape index (κ3) is 6.09. The Morgan fingerprint density at radius 2 is 2.11 bits per heavy atom. The second kappa shape index (κ2) is 6.24. The van der Waals surface area contributed by atoms with E-state index in [1.54, 1.807) is 6.08 Å². The predicted octanol–water partition coefficient (Wildman–Crippen LogP) is 3.71. The average molecular weight is 246 g/mol. The SMILES string of the molecule is CC(C)(C)CCOC(=N)C=Cc1cccc(N)c1. The second-order valence-electron chi connectivity index (χ2n) is 5.53. The molecule has 0 aliphatic carbocycles. The number of rotatable bonds is 4. The molecule has 18 heavy (non-hydrogen) atoms. The van der Waals surface area contributed by atoms with Gasteiger partial charge in [-0.05, 0) is 35.6 Å². The number of nitrogens with one attached hydrogen (secondary N) is 1. The maximum absolute atomic E-state index is 7.66. The van der Waals surface area contributed by atoms with E-state index in [9.17, 15) is 0 Å². The molecule has 0 unspecified atom stereocenters. The molecular formula is C15H22N2O. The number of benzene rings is 1. The highest BCUT2D eigenvalue weighted by atomic mass is 16.5. The number of anilines is 1. The summed E-state index contributed by atoms with van der Waals surface area (Å²) in [6.07, 6.45) is 4.41. The van der Waals surface area contributed by atoms with Gasteiger partial charge in [0.15, 0.2) is 0 Å². The van der Waals surface area contributed by atoms with Gasteiger partial charge in [0.1, 0.15) is 0 Å². The summed E-state index contributed by atoms with van der Waals surface area (Å²) in [6, 6.07) is 7.52. The van der Waals surface area contributed by atoms with Crippen LogP contribution in [0.4, 0.5) is 5.69 Å². The molecule has 0 aliphatic rings. The van der Waals surface area contributed by atoms with Crippen LogP contribution >= 0.6 is 0 Å². The van der Waals surface area contributed by atoms with Crippen LogP contribution in [0.2, 0.25) is 0 Å². The molecule has 1 aromatic carbocycles. The van der Waals surface area contributed by atoms with Gasteiger partial charge in [-0.1, -0.05) is 32.9 Å². The van der Waals surface area contributed by atoms with Gasteiger partial charge in [0, 0.05) is 11.8 Å². The van der Waals surface area contributed by atoms with Gasteiger partial charge in [0.2, 0.25) is 5.90 Å². The van der Waals surface area contributed by atoms with E-state index < -0.39 is 0 Å². The molecule has 98 valence electrons. The van der Waals surface area contributed by atoms with Crippen molar-refractivity contribution >= 4 is 17.7 Å². The lowest BCUT2D eigenvalue weighted by Gasteiger charge is -2.17. The number of hydrogen-bond acceptors (Lipinski definition) is 3. The summed E-state index contributed by atoms with van der Waals surface area (Å²) in [7, 11) is 0. The van der Waals surface area contributed by atoms with Crippen molar-refractivity contribution in [2.45, 2.75) is 27.2 Å². The van der Waals surface area contributed by atoms with Crippen molar-refractivity contribution in [2.75, 3.05) is 12.3 Å². The number of hydrogen-bond donors (Lipinski definition) is 2. The van der Waals surface area contributed by atoms with Crippen molar-refractivity contribution in [2.24, 2.45) is 5.41 Å². The largest absolute Gasteiger partial charge is 0.478 e. The fourth-order valence-corrected chi connectivity index (χ4v) is 1.35. The van der Waals surface area contributed by atoms with Crippen LogP contribution in [0.15, 0.2) is 30.3 Å². The van der Waals surface area contributed by atoms with Crippen LogP contribution in [0.1, 0.15) is 32.8 Å². The Balaban J connectivity index is 2.40. The molecule has 0 bridgehead atoms. The third-order valence-corrected chi connectivity index (χ3v) is 2.45. The van der Waals surface area contributed by atoms with Crippen LogP contribution in [0, 0.1) is 10.8 Å². The molecule has 0 saturated carbocycles. The van der Waals surface area contributed by atoms with E-state index in [4.69, 9.17) is 15.9 Å². The highest BCUT2D eigenvalue weighted by molar-refractivity contribution is 5.89. The second-order valence-corrected chi connectivity index (χ2v) is 5.53. The molecule has 1 aromatic rings. The molecule has 3 N–H and O–H groups in total. The van der Waals surface area contributed by atoms with Crippen molar-refractivity contribution in [3.05, 3.63) is 35.9 Å². The molecule has 3 nitrogen and oxygen atoms in total. The Hall–Kier alpha value is -1.77. The zero-order chi connectivity index (χ0) is 13.6. The first-order chi connectivity index (χ1) is 8.37. The summed E-state index contributed by atoms with van der Waals surface area (Å²) >= 11 is 0. The van der Waals surface area contributed by atoms with Crippen LogP contribution < -0.4 is 5.73 Å². The summed E-state index contributed by atoms with van der Waals surface area (Å²) in [6.45, 7) is 7.04. The first kappa shape index (κ1) is 14.3. The molecule has 0 heterocycles. The summed E-state index contributed by atoms with van der Waals surface area (Å²) in [5.74, 6) is 0.182. The van der Waals surface area contributed by atoms with Crippen molar-refractivity contribution in [3.63, 3.8) is 0 Å². The van der Waals surface area contributed by atoms with E-state index in [2.05, 4.69) is 20.8 Å². The summed E-state index contributed by atoms with van der Waals surface area (Å²) < 4.78 is 5.34. The van der Waals surface area contributed by atoms with E-state index in [0.717, 1.165) is 17.7 Å². The molecule has 0 aliphatic heterocycles. The monoisotopic (exact) mass is 246 g/mol. The van der Waals surface area contributed by atoms with Crippen molar-refractivity contribution in [3.8, 4) is 0 Å². The van der Waals surface area contributed by atoms with E-state index >= 15 is 0 Å². The molecule has 0 radical (unpaired) electrons. The molecule has 0 spiro atoms. The Morgan fingerprint density at radius 3 is 2.72 bits per heavy atom. The Kier molecular flexibility index (Phi) is 4.95. The maximum Gasteiger partial charge on any atom is 0.205 e. The van der Waals surface area contributed by atoms with Crippen molar-refractivity contribution in [1.29, 1.82) is 5.41 Å². The minimum absolute atomic E-state index is 0.182. The highest BCUT2D eigenvalue weighted by Crippen LogP contribution is 2.18. The van der Waals surface area contributed by atoms with Gasteiger partial charge in [0.25, 0.3) is 0 Å². The number of ether oxygens (including phenoxy) is 1. The fourth-order valence-electron chi connectivity index (χ4n) is 1.35. The molecule has 0 fully saturated rings.